The molecule has 1 atom stereocenters. The molecular formula is C19H20BrNO3. The number of amides is 1. The molecule has 0 unspecified atom stereocenters. The minimum absolute atomic E-state index is 0.121. The maximum absolute atomic E-state index is 12.9. The molecule has 2 aromatic rings. The van der Waals surface area contributed by atoms with E-state index in [4.69, 9.17) is 4.74 Å². The van der Waals surface area contributed by atoms with Crippen LogP contribution in [0.25, 0.3) is 0 Å². The summed E-state index contributed by atoms with van der Waals surface area (Å²) in [4.78, 5) is 26.7. The number of ether oxygens (including phenoxy) is 1. The number of Topliss-reactive ketones (excluding diaryl/α,β-unsaturated/α-hetero) is 1. The highest BCUT2D eigenvalue weighted by Gasteiger charge is 2.29. The van der Waals surface area contributed by atoms with Gasteiger partial charge in [0, 0.05) is 12.7 Å². The van der Waals surface area contributed by atoms with Gasteiger partial charge in [0.25, 0.3) is 0 Å². The van der Waals surface area contributed by atoms with Crippen molar-refractivity contribution >= 4 is 33.3 Å². The molecule has 4 nitrogen and oxygen atoms in total. The predicted molar refractivity (Wildman–Crippen MR) is 98.8 cm³/mol. The molecule has 126 valence electrons. The highest BCUT2D eigenvalue weighted by molar-refractivity contribution is 9.09. The Labute approximate surface area is 150 Å². The summed E-state index contributed by atoms with van der Waals surface area (Å²) in [5, 5.41) is 0.159. The minimum Gasteiger partial charge on any atom is -0.497 e. The van der Waals surface area contributed by atoms with Crippen molar-refractivity contribution in [2.24, 2.45) is 5.92 Å². The van der Waals surface area contributed by atoms with Crippen LogP contribution in [-0.4, -0.2) is 31.2 Å². The summed E-state index contributed by atoms with van der Waals surface area (Å²) in [6.07, 6.45) is 0.393. The Balaban J connectivity index is 2.21. The van der Waals surface area contributed by atoms with Crippen molar-refractivity contribution in [3.05, 3.63) is 60.2 Å². The summed E-state index contributed by atoms with van der Waals surface area (Å²) in [6, 6.07) is 16.8. The molecule has 0 saturated heterocycles. The Morgan fingerprint density at radius 2 is 1.71 bits per heavy atom. The zero-order valence-corrected chi connectivity index (χ0v) is 15.3. The lowest BCUT2D eigenvalue weighted by atomic mass is 9.94. The Morgan fingerprint density at radius 1 is 1.08 bits per heavy atom. The summed E-state index contributed by atoms with van der Waals surface area (Å²) in [5.41, 5.74) is 1.69. The lowest BCUT2D eigenvalue weighted by Gasteiger charge is -2.23. The van der Waals surface area contributed by atoms with Crippen LogP contribution in [0.15, 0.2) is 54.6 Å². The van der Waals surface area contributed by atoms with E-state index in [2.05, 4.69) is 15.9 Å². The molecule has 0 bridgehead atoms. The van der Waals surface area contributed by atoms with Gasteiger partial charge in [-0.25, -0.2) is 0 Å². The maximum Gasteiger partial charge on any atom is 0.237 e. The minimum atomic E-state index is -0.709. The van der Waals surface area contributed by atoms with E-state index in [0.717, 1.165) is 17.0 Å². The second kappa shape index (κ2) is 8.64. The summed E-state index contributed by atoms with van der Waals surface area (Å²) < 4.78 is 5.13. The highest BCUT2D eigenvalue weighted by Crippen LogP contribution is 2.21. The first-order valence-corrected chi connectivity index (χ1v) is 8.73. The van der Waals surface area contributed by atoms with Gasteiger partial charge in [0.2, 0.25) is 5.91 Å². The SMILES string of the molecule is COc1ccc(N(C)C(=O)[C@@H](Cc2ccccc2)C(=O)CBr)cc1. The first-order chi connectivity index (χ1) is 11.6. The number of anilines is 1. The molecule has 0 aliphatic carbocycles. The molecule has 5 heteroatoms. The zero-order valence-electron chi connectivity index (χ0n) is 13.7. The number of rotatable bonds is 7. The fourth-order valence-electron chi connectivity index (χ4n) is 2.45. The van der Waals surface area contributed by atoms with E-state index in [-0.39, 0.29) is 17.0 Å². The average molecular weight is 390 g/mol. The first-order valence-electron chi connectivity index (χ1n) is 7.61. The summed E-state index contributed by atoms with van der Waals surface area (Å²) in [5.74, 6) is -0.325. The summed E-state index contributed by atoms with van der Waals surface area (Å²) in [6.45, 7) is 0. The monoisotopic (exact) mass is 389 g/mol. The summed E-state index contributed by atoms with van der Waals surface area (Å²) in [7, 11) is 3.28. The molecular weight excluding hydrogens is 370 g/mol. The van der Waals surface area contributed by atoms with Gasteiger partial charge in [-0.1, -0.05) is 46.3 Å². The van der Waals surface area contributed by atoms with Crippen molar-refractivity contribution in [2.75, 3.05) is 24.4 Å². The lowest BCUT2D eigenvalue weighted by Crippen LogP contribution is -2.38. The van der Waals surface area contributed by atoms with Gasteiger partial charge in [-0.05, 0) is 36.2 Å². The average Bonchev–Trinajstić information content (AvgIpc) is 2.65. The van der Waals surface area contributed by atoms with E-state index < -0.39 is 5.92 Å². The Hall–Kier alpha value is -2.14. The number of alkyl halides is 1. The third kappa shape index (κ3) is 4.45. The number of hydrogen-bond donors (Lipinski definition) is 0. The van der Waals surface area contributed by atoms with Crippen LogP contribution in [0.1, 0.15) is 5.56 Å². The number of carbonyl (C=O) groups excluding carboxylic acids is 2. The molecule has 0 aliphatic rings. The second-order valence-electron chi connectivity index (χ2n) is 5.44. The number of carbonyl (C=O) groups is 2. The molecule has 0 radical (unpaired) electrons. The van der Waals surface area contributed by atoms with Crippen LogP contribution >= 0.6 is 15.9 Å². The standard InChI is InChI=1S/C19H20BrNO3/c1-21(15-8-10-16(24-2)11-9-15)19(23)17(18(22)13-20)12-14-6-4-3-5-7-14/h3-11,17H,12-13H2,1-2H3/t17-/m0/s1. The lowest BCUT2D eigenvalue weighted by molar-refractivity contribution is -0.130. The van der Waals surface area contributed by atoms with Gasteiger partial charge in [-0.2, -0.15) is 0 Å². The molecule has 0 fully saturated rings. The van der Waals surface area contributed by atoms with Crippen molar-refractivity contribution in [1.82, 2.24) is 0 Å². The van der Waals surface area contributed by atoms with Crippen LogP contribution in [0.3, 0.4) is 0 Å². The molecule has 0 aromatic heterocycles. The Morgan fingerprint density at radius 3 is 2.25 bits per heavy atom. The number of halogens is 1. The number of benzene rings is 2. The molecule has 24 heavy (non-hydrogen) atoms. The van der Waals surface area contributed by atoms with Crippen molar-refractivity contribution < 1.29 is 14.3 Å². The first kappa shape index (κ1) is 18.2. The van der Waals surface area contributed by atoms with E-state index in [9.17, 15) is 9.59 Å². The second-order valence-corrected chi connectivity index (χ2v) is 6.00. The zero-order chi connectivity index (χ0) is 17.5. The highest BCUT2D eigenvalue weighted by atomic mass is 79.9. The molecule has 2 rings (SSSR count). The van der Waals surface area contributed by atoms with Gasteiger partial charge in [-0.15, -0.1) is 0 Å². The fraction of sp³-hybridized carbons (Fsp3) is 0.263. The molecule has 1 amide bonds. The van der Waals surface area contributed by atoms with E-state index in [0.29, 0.717) is 6.42 Å². The quantitative estimate of drug-likeness (QED) is 0.537. The van der Waals surface area contributed by atoms with Crippen LogP contribution in [-0.2, 0) is 16.0 Å². The fourth-order valence-corrected chi connectivity index (χ4v) is 2.84. The topological polar surface area (TPSA) is 46.6 Å². The van der Waals surface area contributed by atoms with Crippen LogP contribution in [0, 0.1) is 5.92 Å². The van der Waals surface area contributed by atoms with E-state index >= 15 is 0 Å². The molecule has 2 aromatic carbocycles. The largest absolute Gasteiger partial charge is 0.497 e. The van der Waals surface area contributed by atoms with Crippen LogP contribution in [0.2, 0.25) is 0 Å². The van der Waals surface area contributed by atoms with Crippen molar-refractivity contribution in [1.29, 1.82) is 0 Å². The number of hydrogen-bond acceptors (Lipinski definition) is 3. The Kier molecular flexibility index (Phi) is 6.55. The van der Waals surface area contributed by atoms with Crippen molar-refractivity contribution in [2.45, 2.75) is 6.42 Å². The van der Waals surface area contributed by atoms with Gasteiger partial charge in [0.1, 0.15) is 11.7 Å². The van der Waals surface area contributed by atoms with Gasteiger partial charge in [0.15, 0.2) is 5.78 Å². The smallest absolute Gasteiger partial charge is 0.237 e. The third-order valence-electron chi connectivity index (χ3n) is 3.89. The molecule has 0 saturated carbocycles. The molecule has 0 aliphatic heterocycles. The molecule has 0 heterocycles. The van der Waals surface area contributed by atoms with Crippen LogP contribution < -0.4 is 9.64 Å². The molecule has 0 N–H and O–H groups in total. The van der Waals surface area contributed by atoms with Gasteiger partial charge in [-0.3, -0.25) is 9.59 Å². The third-order valence-corrected chi connectivity index (χ3v) is 4.44. The van der Waals surface area contributed by atoms with Gasteiger partial charge >= 0.3 is 0 Å². The van der Waals surface area contributed by atoms with Crippen molar-refractivity contribution in [3.63, 3.8) is 0 Å². The van der Waals surface area contributed by atoms with Crippen molar-refractivity contribution in [3.8, 4) is 5.75 Å². The number of methoxy groups -OCH3 is 1. The van der Waals surface area contributed by atoms with Gasteiger partial charge < -0.3 is 9.64 Å². The van der Waals surface area contributed by atoms with Gasteiger partial charge in [0.05, 0.1) is 12.4 Å². The van der Waals surface area contributed by atoms with E-state index in [1.165, 1.54) is 4.90 Å². The maximum atomic E-state index is 12.9. The van der Waals surface area contributed by atoms with Crippen LogP contribution in [0.4, 0.5) is 5.69 Å². The normalized spacial score (nSPS) is 11.6. The number of nitrogens with zero attached hydrogens (tertiary/aromatic N) is 1. The number of ketones is 1. The molecule has 0 spiro atoms. The van der Waals surface area contributed by atoms with E-state index in [1.54, 1.807) is 38.4 Å². The van der Waals surface area contributed by atoms with Crippen LogP contribution in [0.5, 0.6) is 5.75 Å². The van der Waals surface area contributed by atoms with E-state index in [1.807, 2.05) is 30.3 Å². The summed E-state index contributed by atoms with van der Waals surface area (Å²) >= 11 is 3.18. The predicted octanol–water partition coefficient (Wildman–Crippen LogP) is 3.48. The Bertz CT molecular complexity index is 686.